The van der Waals surface area contributed by atoms with E-state index in [1.54, 1.807) is 0 Å². The van der Waals surface area contributed by atoms with Crippen LogP contribution in [-0.2, 0) is 0 Å². The van der Waals surface area contributed by atoms with E-state index in [0.29, 0.717) is 0 Å². The molecule has 0 aromatic carbocycles. The van der Waals surface area contributed by atoms with Crippen LogP contribution in [0.3, 0.4) is 0 Å². The highest BCUT2D eigenvalue weighted by Gasteiger charge is 2.02. The predicted octanol–water partition coefficient (Wildman–Crippen LogP) is 0.935. The summed E-state index contributed by atoms with van der Waals surface area (Å²) in [7, 11) is 1.33. The lowest BCUT2D eigenvalue weighted by atomic mass is 10.4. The monoisotopic (exact) mass is 143 g/mol. The van der Waals surface area contributed by atoms with Crippen LogP contribution in [0.1, 0.15) is 0 Å². The van der Waals surface area contributed by atoms with Gasteiger partial charge in [-0.2, -0.15) is 0 Å². The Morgan fingerprint density at radius 3 is 2.90 bits per heavy atom. The van der Waals surface area contributed by atoms with Crippen LogP contribution in [0.4, 0.5) is 4.39 Å². The van der Waals surface area contributed by atoms with E-state index in [-0.39, 0.29) is 11.6 Å². The van der Waals surface area contributed by atoms with E-state index < -0.39 is 5.82 Å². The van der Waals surface area contributed by atoms with Gasteiger partial charge in [0.25, 0.3) is 5.88 Å². The number of pyridine rings is 1. The topological polar surface area (TPSA) is 42.4 Å². The van der Waals surface area contributed by atoms with Crippen molar-refractivity contribution in [3.63, 3.8) is 0 Å². The second-order valence-corrected chi connectivity index (χ2v) is 1.68. The standard InChI is InChI=1S/C6H6FNO2/c1-10-5-2-4(7)3-8-6(5)9/h2-3H,1H3,(H,8,9). The molecule has 0 amide bonds. The molecule has 1 rings (SSSR count). The molecule has 0 aliphatic carbocycles. The zero-order valence-corrected chi connectivity index (χ0v) is 5.34. The minimum Gasteiger partial charge on any atom is -0.491 e. The van der Waals surface area contributed by atoms with E-state index in [0.717, 1.165) is 12.3 Å². The number of nitrogens with zero attached hydrogens (tertiary/aromatic N) is 1. The van der Waals surface area contributed by atoms with Crippen molar-refractivity contribution in [2.24, 2.45) is 0 Å². The fourth-order valence-electron chi connectivity index (χ4n) is 0.564. The SMILES string of the molecule is COc1cc(F)cnc1O. The van der Waals surface area contributed by atoms with E-state index in [9.17, 15) is 4.39 Å². The molecule has 0 atom stereocenters. The first-order chi connectivity index (χ1) is 4.74. The number of hydrogen-bond donors (Lipinski definition) is 1. The molecule has 0 saturated carbocycles. The largest absolute Gasteiger partial charge is 0.491 e. The van der Waals surface area contributed by atoms with Gasteiger partial charge in [-0.15, -0.1) is 0 Å². The molecule has 0 radical (unpaired) electrons. The number of ether oxygens (including phenoxy) is 1. The van der Waals surface area contributed by atoms with Crippen LogP contribution >= 0.6 is 0 Å². The Morgan fingerprint density at radius 2 is 2.40 bits per heavy atom. The number of methoxy groups -OCH3 is 1. The summed E-state index contributed by atoms with van der Waals surface area (Å²) in [6, 6.07) is 1.06. The first kappa shape index (κ1) is 6.80. The minimum atomic E-state index is -0.533. The lowest BCUT2D eigenvalue weighted by molar-refractivity contribution is 0.359. The molecule has 3 nitrogen and oxygen atoms in total. The van der Waals surface area contributed by atoms with Gasteiger partial charge in [-0.3, -0.25) is 0 Å². The molecule has 0 bridgehead atoms. The Labute approximate surface area is 57.1 Å². The Kier molecular flexibility index (Phi) is 1.71. The van der Waals surface area contributed by atoms with Crippen molar-refractivity contribution in [1.82, 2.24) is 4.98 Å². The van der Waals surface area contributed by atoms with Crippen LogP contribution in [0.2, 0.25) is 0 Å². The molecule has 1 aromatic heterocycles. The van der Waals surface area contributed by atoms with Gasteiger partial charge < -0.3 is 9.84 Å². The van der Waals surface area contributed by atoms with Crippen molar-refractivity contribution in [3.8, 4) is 11.6 Å². The molecule has 0 aliphatic heterocycles. The van der Waals surface area contributed by atoms with E-state index in [1.165, 1.54) is 7.11 Å². The lowest BCUT2D eigenvalue weighted by Gasteiger charge is -1.99. The summed E-state index contributed by atoms with van der Waals surface area (Å²) in [5.41, 5.74) is 0. The van der Waals surface area contributed by atoms with Gasteiger partial charge in [0.1, 0.15) is 5.82 Å². The molecule has 1 aromatic rings. The second kappa shape index (κ2) is 2.51. The lowest BCUT2D eigenvalue weighted by Crippen LogP contribution is -1.87. The van der Waals surface area contributed by atoms with Crippen LogP contribution in [0, 0.1) is 5.82 Å². The van der Waals surface area contributed by atoms with Crippen molar-refractivity contribution in [1.29, 1.82) is 0 Å². The van der Waals surface area contributed by atoms with Crippen molar-refractivity contribution in [2.75, 3.05) is 7.11 Å². The summed E-state index contributed by atoms with van der Waals surface area (Å²) in [6.45, 7) is 0. The van der Waals surface area contributed by atoms with Gasteiger partial charge in [0.05, 0.1) is 13.3 Å². The van der Waals surface area contributed by atoms with E-state index in [1.807, 2.05) is 0 Å². The molecule has 1 heterocycles. The second-order valence-electron chi connectivity index (χ2n) is 1.68. The fraction of sp³-hybridized carbons (Fsp3) is 0.167. The summed E-state index contributed by atoms with van der Waals surface area (Å²) >= 11 is 0. The van der Waals surface area contributed by atoms with Crippen LogP contribution in [-0.4, -0.2) is 17.2 Å². The molecule has 54 valence electrons. The third kappa shape index (κ3) is 1.15. The van der Waals surface area contributed by atoms with Crippen LogP contribution in [0.5, 0.6) is 11.6 Å². The molecule has 10 heavy (non-hydrogen) atoms. The summed E-state index contributed by atoms with van der Waals surface area (Å²) in [5, 5.41) is 8.83. The average molecular weight is 143 g/mol. The Balaban J connectivity index is 3.09. The molecular formula is C6H6FNO2. The summed E-state index contributed by atoms with van der Waals surface area (Å²) < 4.78 is 16.9. The van der Waals surface area contributed by atoms with Gasteiger partial charge in [0.2, 0.25) is 0 Å². The third-order valence-corrected chi connectivity index (χ3v) is 1.02. The average Bonchev–Trinajstić information content (AvgIpc) is 1.94. The molecule has 0 spiro atoms. The van der Waals surface area contributed by atoms with Crippen molar-refractivity contribution in [3.05, 3.63) is 18.1 Å². The van der Waals surface area contributed by atoms with Crippen molar-refractivity contribution in [2.45, 2.75) is 0 Å². The maximum Gasteiger partial charge on any atom is 0.254 e. The van der Waals surface area contributed by atoms with Crippen molar-refractivity contribution < 1.29 is 14.2 Å². The number of rotatable bonds is 1. The number of aromatic hydroxyl groups is 1. The normalized spacial score (nSPS) is 9.40. The first-order valence-corrected chi connectivity index (χ1v) is 2.62. The van der Waals surface area contributed by atoms with Crippen molar-refractivity contribution >= 4 is 0 Å². The first-order valence-electron chi connectivity index (χ1n) is 2.62. The Bertz CT molecular complexity index is 239. The van der Waals surface area contributed by atoms with Gasteiger partial charge in [0.15, 0.2) is 5.75 Å². The predicted molar refractivity (Wildman–Crippen MR) is 32.4 cm³/mol. The molecule has 0 aliphatic rings. The van der Waals surface area contributed by atoms with Crippen LogP contribution < -0.4 is 4.74 Å². The number of aromatic nitrogens is 1. The quantitative estimate of drug-likeness (QED) is 0.636. The molecule has 1 N–H and O–H groups in total. The van der Waals surface area contributed by atoms with Crippen LogP contribution in [0.15, 0.2) is 12.3 Å². The molecule has 4 heteroatoms. The van der Waals surface area contributed by atoms with Gasteiger partial charge in [-0.05, 0) is 0 Å². The van der Waals surface area contributed by atoms with E-state index in [4.69, 9.17) is 5.11 Å². The Hall–Kier alpha value is -1.32. The maximum atomic E-state index is 12.3. The van der Waals surface area contributed by atoms with Gasteiger partial charge in [-0.1, -0.05) is 0 Å². The summed E-state index contributed by atoms with van der Waals surface area (Å²) in [5.74, 6) is -0.793. The minimum absolute atomic E-state index is 0.0417. The highest BCUT2D eigenvalue weighted by Crippen LogP contribution is 2.21. The third-order valence-electron chi connectivity index (χ3n) is 1.02. The highest BCUT2D eigenvalue weighted by molar-refractivity contribution is 5.31. The van der Waals surface area contributed by atoms with Gasteiger partial charge >= 0.3 is 0 Å². The summed E-state index contributed by atoms with van der Waals surface area (Å²) in [6.07, 6.45) is 0.915. The smallest absolute Gasteiger partial charge is 0.254 e. The molecular weight excluding hydrogens is 137 g/mol. The Morgan fingerprint density at radius 1 is 1.70 bits per heavy atom. The van der Waals surface area contributed by atoms with Gasteiger partial charge in [0, 0.05) is 6.07 Å². The highest BCUT2D eigenvalue weighted by atomic mass is 19.1. The fourth-order valence-corrected chi connectivity index (χ4v) is 0.564. The molecule has 0 saturated heterocycles. The number of hydrogen-bond acceptors (Lipinski definition) is 3. The molecule has 0 unspecified atom stereocenters. The van der Waals surface area contributed by atoms with Crippen LogP contribution in [0.25, 0.3) is 0 Å². The van der Waals surface area contributed by atoms with E-state index >= 15 is 0 Å². The van der Waals surface area contributed by atoms with Gasteiger partial charge in [-0.25, -0.2) is 9.37 Å². The zero-order valence-electron chi connectivity index (χ0n) is 5.34. The zero-order chi connectivity index (χ0) is 7.56. The molecule has 0 fully saturated rings. The number of halogens is 1. The summed E-state index contributed by atoms with van der Waals surface area (Å²) in [4.78, 5) is 3.31. The van der Waals surface area contributed by atoms with E-state index in [2.05, 4.69) is 9.72 Å². The maximum absolute atomic E-state index is 12.3.